The summed E-state index contributed by atoms with van der Waals surface area (Å²) in [6, 6.07) is -1.11. The molecule has 0 aliphatic rings. The highest BCUT2D eigenvalue weighted by atomic mass is 16.4. The summed E-state index contributed by atoms with van der Waals surface area (Å²) >= 11 is 0. The molecule has 0 bridgehead atoms. The van der Waals surface area contributed by atoms with E-state index in [4.69, 9.17) is 16.6 Å². The topological polar surface area (TPSA) is 86.6 Å². The smallest absolute Gasteiger partial charge is 0.326 e. The number of terminal acetylenes is 1. The van der Waals surface area contributed by atoms with Crippen molar-refractivity contribution in [2.45, 2.75) is 12.5 Å². The van der Waals surface area contributed by atoms with Crippen molar-refractivity contribution in [2.75, 3.05) is 6.61 Å². The molecule has 66 valence electrons. The van der Waals surface area contributed by atoms with Crippen molar-refractivity contribution >= 4 is 11.9 Å². The minimum absolute atomic E-state index is 0.0528. The van der Waals surface area contributed by atoms with Gasteiger partial charge >= 0.3 is 5.97 Å². The maximum Gasteiger partial charge on any atom is 0.326 e. The van der Waals surface area contributed by atoms with Crippen molar-refractivity contribution in [1.29, 1.82) is 0 Å². The lowest BCUT2D eigenvalue weighted by Gasteiger charge is -2.09. The minimum Gasteiger partial charge on any atom is -0.480 e. The number of rotatable bonds is 4. The zero-order valence-corrected chi connectivity index (χ0v) is 6.28. The third kappa shape index (κ3) is 3.58. The van der Waals surface area contributed by atoms with Gasteiger partial charge in [0.15, 0.2) is 0 Å². The molecule has 0 aromatic carbocycles. The van der Waals surface area contributed by atoms with Crippen LogP contribution in [0.15, 0.2) is 0 Å². The molecule has 0 aromatic rings. The molecule has 0 saturated carbocycles. The van der Waals surface area contributed by atoms with Crippen LogP contribution in [-0.2, 0) is 9.59 Å². The molecule has 0 spiro atoms. The van der Waals surface area contributed by atoms with E-state index in [0.29, 0.717) is 0 Å². The zero-order chi connectivity index (χ0) is 9.56. The van der Waals surface area contributed by atoms with E-state index < -0.39 is 17.9 Å². The predicted molar refractivity (Wildman–Crippen MR) is 40.1 cm³/mol. The van der Waals surface area contributed by atoms with Crippen LogP contribution in [0.2, 0.25) is 0 Å². The lowest BCUT2D eigenvalue weighted by Crippen LogP contribution is -2.40. The number of carbonyl (C=O) groups is 2. The third-order valence-electron chi connectivity index (χ3n) is 1.15. The molecule has 1 amide bonds. The Balaban J connectivity index is 4.06. The SMILES string of the molecule is C#CC(=O)N[C@H](CCO)C(=O)O. The summed E-state index contributed by atoms with van der Waals surface area (Å²) in [5.74, 6) is -0.297. The first kappa shape index (κ1) is 10.5. The highest BCUT2D eigenvalue weighted by Crippen LogP contribution is 1.90. The number of aliphatic carboxylic acids is 1. The molecule has 0 unspecified atom stereocenters. The maximum absolute atomic E-state index is 10.5. The second-order valence-electron chi connectivity index (χ2n) is 2.02. The Morgan fingerprint density at radius 1 is 1.58 bits per heavy atom. The van der Waals surface area contributed by atoms with Crippen LogP contribution in [0.4, 0.5) is 0 Å². The fraction of sp³-hybridized carbons (Fsp3) is 0.429. The molecule has 3 N–H and O–H groups in total. The molecule has 0 radical (unpaired) electrons. The van der Waals surface area contributed by atoms with Gasteiger partial charge in [0.05, 0.1) is 0 Å². The van der Waals surface area contributed by atoms with E-state index >= 15 is 0 Å². The first-order valence-corrected chi connectivity index (χ1v) is 3.22. The summed E-state index contributed by atoms with van der Waals surface area (Å²) in [7, 11) is 0. The van der Waals surface area contributed by atoms with Crippen LogP contribution in [0.5, 0.6) is 0 Å². The van der Waals surface area contributed by atoms with Crippen molar-refractivity contribution in [1.82, 2.24) is 5.32 Å². The van der Waals surface area contributed by atoms with Gasteiger partial charge in [-0.2, -0.15) is 0 Å². The van der Waals surface area contributed by atoms with E-state index in [0.717, 1.165) is 0 Å². The first-order valence-electron chi connectivity index (χ1n) is 3.22. The molecule has 0 aliphatic carbocycles. The monoisotopic (exact) mass is 171 g/mol. The van der Waals surface area contributed by atoms with E-state index in [2.05, 4.69) is 0 Å². The first-order chi connectivity index (χ1) is 5.61. The van der Waals surface area contributed by atoms with Crippen LogP contribution in [-0.4, -0.2) is 34.7 Å². The van der Waals surface area contributed by atoms with Crippen molar-refractivity contribution in [3.63, 3.8) is 0 Å². The van der Waals surface area contributed by atoms with E-state index in [9.17, 15) is 9.59 Å². The second kappa shape index (κ2) is 5.16. The number of aliphatic hydroxyl groups excluding tert-OH is 1. The number of aliphatic hydroxyl groups is 1. The largest absolute Gasteiger partial charge is 0.480 e. The van der Waals surface area contributed by atoms with Crippen LogP contribution in [0, 0.1) is 12.3 Å². The van der Waals surface area contributed by atoms with E-state index in [1.54, 1.807) is 5.92 Å². The van der Waals surface area contributed by atoms with E-state index in [-0.39, 0.29) is 13.0 Å². The number of hydrogen-bond acceptors (Lipinski definition) is 3. The highest BCUT2D eigenvalue weighted by Gasteiger charge is 2.17. The summed E-state index contributed by atoms with van der Waals surface area (Å²) < 4.78 is 0. The summed E-state index contributed by atoms with van der Waals surface area (Å²) in [5.41, 5.74) is 0. The third-order valence-corrected chi connectivity index (χ3v) is 1.15. The molecule has 0 aliphatic heterocycles. The fourth-order valence-electron chi connectivity index (χ4n) is 0.586. The zero-order valence-electron chi connectivity index (χ0n) is 6.28. The lowest BCUT2D eigenvalue weighted by atomic mass is 10.2. The van der Waals surface area contributed by atoms with Gasteiger partial charge < -0.3 is 15.5 Å². The van der Waals surface area contributed by atoms with Crippen molar-refractivity contribution in [3.8, 4) is 12.3 Å². The number of carboxylic acid groups (broad SMARTS) is 1. The summed E-state index contributed by atoms with van der Waals surface area (Å²) in [6.45, 7) is -0.318. The molecule has 5 nitrogen and oxygen atoms in total. The molecule has 0 aromatic heterocycles. The van der Waals surface area contributed by atoms with Crippen LogP contribution >= 0.6 is 0 Å². The Morgan fingerprint density at radius 2 is 2.17 bits per heavy atom. The van der Waals surface area contributed by atoms with Gasteiger partial charge in [-0.25, -0.2) is 4.79 Å². The molecule has 12 heavy (non-hydrogen) atoms. The van der Waals surface area contributed by atoms with Gasteiger partial charge in [-0.3, -0.25) is 4.79 Å². The summed E-state index contributed by atoms with van der Waals surface area (Å²) in [6.07, 6.45) is 4.65. The number of carboxylic acids is 1. The number of hydrogen-bond donors (Lipinski definition) is 3. The van der Waals surface area contributed by atoms with Gasteiger partial charge in [0.25, 0.3) is 5.91 Å². The van der Waals surface area contributed by atoms with Crippen LogP contribution in [0.1, 0.15) is 6.42 Å². The minimum atomic E-state index is -1.22. The Bertz CT molecular complexity index is 218. The van der Waals surface area contributed by atoms with Gasteiger partial charge in [0.2, 0.25) is 0 Å². The fourth-order valence-corrected chi connectivity index (χ4v) is 0.586. The predicted octanol–water partition coefficient (Wildman–Crippen LogP) is -1.43. The molecular weight excluding hydrogens is 162 g/mol. The van der Waals surface area contributed by atoms with Crippen molar-refractivity contribution in [2.24, 2.45) is 0 Å². The molecule has 0 saturated heterocycles. The molecule has 1 atom stereocenters. The quantitative estimate of drug-likeness (QED) is 0.453. The van der Waals surface area contributed by atoms with Gasteiger partial charge in [0, 0.05) is 13.0 Å². The standard InChI is InChI=1S/C7H9NO4/c1-2-6(10)8-5(3-4-9)7(11)12/h1,5,9H,3-4H2,(H,8,10)(H,11,12)/t5-/m1/s1. The Kier molecular flexibility index (Phi) is 4.49. The Morgan fingerprint density at radius 3 is 2.50 bits per heavy atom. The number of carbonyl (C=O) groups excluding carboxylic acids is 1. The van der Waals surface area contributed by atoms with Crippen LogP contribution < -0.4 is 5.32 Å². The Labute approximate surface area is 69.4 Å². The molecule has 0 fully saturated rings. The summed E-state index contributed by atoms with van der Waals surface area (Å²) in [4.78, 5) is 20.9. The van der Waals surface area contributed by atoms with Crippen molar-refractivity contribution < 1.29 is 19.8 Å². The molecular formula is C7H9NO4. The normalized spacial score (nSPS) is 11.3. The van der Waals surface area contributed by atoms with Gasteiger partial charge in [0.1, 0.15) is 6.04 Å². The van der Waals surface area contributed by atoms with Crippen LogP contribution in [0.3, 0.4) is 0 Å². The van der Waals surface area contributed by atoms with E-state index in [1.807, 2.05) is 5.32 Å². The number of amides is 1. The average molecular weight is 171 g/mol. The van der Waals surface area contributed by atoms with E-state index in [1.165, 1.54) is 0 Å². The van der Waals surface area contributed by atoms with Gasteiger partial charge in [-0.1, -0.05) is 0 Å². The van der Waals surface area contributed by atoms with Crippen molar-refractivity contribution in [3.05, 3.63) is 0 Å². The van der Waals surface area contributed by atoms with Gasteiger partial charge in [-0.15, -0.1) is 6.42 Å². The Hall–Kier alpha value is -1.54. The van der Waals surface area contributed by atoms with Crippen LogP contribution in [0.25, 0.3) is 0 Å². The molecule has 5 heteroatoms. The lowest BCUT2D eigenvalue weighted by molar-refractivity contribution is -0.141. The highest BCUT2D eigenvalue weighted by molar-refractivity contribution is 5.95. The van der Waals surface area contributed by atoms with Gasteiger partial charge in [-0.05, 0) is 5.92 Å². The second-order valence-corrected chi connectivity index (χ2v) is 2.02. The maximum atomic E-state index is 10.5. The average Bonchev–Trinajstić information content (AvgIpc) is 2.03. The summed E-state index contributed by atoms with van der Waals surface area (Å²) in [5, 5.41) is 18.9. The number of nitrogens with one attached hydrogen (secondary N) is 1. The molecule has 0 rings (SSSR count). The molecule has 0 heterocycles.